The topological polar surface area (TPSA) is 67.1 Å². The molecule has 0 atom stereocenters. The minimum atomic E-state index is -4.30. The van der Waals surface area contributed by atoms with Gasteiger partial charge in [-0.2, -0.15) is 18.3 Å². The molecule has 0 spiro atoms. The number of hydrogen-bond acceptors (Lipinski definition) is 3. The zero-order chi connectivity index (χ0) is 13.3. The number of hydrogen-bond donors (Lipinski definition) is 2. The molecular formula is C10H12F3N3O2. The Hall–Kier alpha value is -1.57. The highest BCUT2D eigenvalue weighted by Crippen LogP contribution is 2.26. The molecule has 18 heavy (non-hydrogen) atoms. The number of carbonyl (C=O) groups is 1. The van der Waals surface area contributed by atoms with Crippen LogP contribution in [0.2, 0.25) is 0 Å². The predicted molar refractivity (Wildman–Crippen MR) is 55.3 cm³/mol. The number of rotatable bonds is 3. The molecule has 0 bridgehead atoms. The van der Waals surface area contributed by atoms with Crippen LogP contribution in [-0.4, -0.2) is 33.6 Å². The number of nitrogens with one attached hydrogen (secondary N) is 1. The van der Waals surface area contributed by atoms with E-state index in [2.05, 4.69) is 10.4 Å². The van der Waals surface area contributed by atoms with E-state index in [1.165, 1.54) is 4.68 Å². The summed E-state index contributed by atoms with van der Waals surface area (Å²) in [7, 11) is 0. The highest BCUT2D eigenvalue weighted by molar-refractivity contribution is 5.87. The molecule has 2 heterocycles. The van der Waals surface area contributed by atoms with Gasteiger partial charge in [0.05, 0.1) is 12.2 Å². The predicted octanol–water partition coefficient (Wildman–Crippen LogP) is 1.18. The van der Waals surface area contributed by atoms with Crippen LogP contribution in [0.5, 0.6) is 0 Å². The summed E-state index contributed by atoms with van der Waals surface area (Å²) in [6.45, 7) is 1.46. The minimum absolute atomic E-state index is 0.187. The van der Waals surface area contributed by atoms with Gasteiger partial charge in [-0.25, -0.2) is 4.79 Å². The van der Waals surface area contributed by atoms with Gasteiger partial charge in [0.2, 0.25) is 0 Å². The van der Waals surface area contributed by atoms with Crippen LogP contribution < -0.4 is 5.32 Å². The Kier molecular flexibility index (Phi) is 3.29. The summed E-state index contributed by atoms with van der Waals surface area (Å²) in [5.41, 5.74) is 0.466. The van der Waals surface area contributed by atoms with E-state index in [1.54, 1.807) is 0 Å². The molecule has 1 aromatic rings. The van der Waals surface area contributed by atoms with Crippen molar-refractivity contribution >= 4 is 5.97 Å². The normalized spacial score (nSPS) is 15.5. The molecule has 0 fully saturated rings. The lowest BCUT2D eigenvalue weighted by Gasteiger charge is -2.16. The summed E-state index contributed by atoms with van der Waals surface area (Å²) in [4.78, 5) is 11.0. The third kappa shape index (κ3) is 2.63. The fourth-order valence-corrected chi connectivity index (χ4v) is 2.01. The summed E-state index contributed by atoms with van der Waals surface area (Å²) < 4.78 is 38.1. The number of carboxylic acid groups (broad SMARTS) is 1. The van der Waals surface area contributed by atoms with Crippen molar-refractivity contribution < 1.29 is 23.1 Å². The quantitative estimate of drug-likeness (QED) is 0.859. The van der Waals surface area contributed by atoms with E-state index in [9.17, 15) is 18.0 Å². The number of nitrogens with zero attached hydrogens (tertiary/aromatic N) is 2. The van der Waals surface area contributed by atoms with Crippen molar-refractivity contribution in [2.24, 2.45) is 0 Å². The first-order valence-electron chi connectivity index (χ1n) is 5.48. The first-order valence-corrected chi connectivity index (χ1v) is 5.48. The Morgan fingerprint density at radius 3 is 2.83 bits per heavy atom. The molecule has 1 aliphatic heterocycles. The van der Waals surface area contributed by atoms with Crippen molar-refractivity contribution in [1.82, 2.24) is 15.1 Å². The Morgan fingerprint density at radius 2 is 2.22 bits per heavy atom. The summed E-state index contributed by atoms with van der Waals surface area (Å²) >= 11 is 0. The van der Waals surface area contributed by atoms with Crippen LogP contribution in [0.4, 0.5) is 13.2 Å². The Balaban J connectivity index is 2.31. The van der Waals surface area contributed by atoms with Crippen LogP contribution in [0.3, 0.4) is 0 Å². The lowest BCUT2D eigenvalue weighted by atomic mass is 10.1. The van der Waals surface area contributed by atoms with E-state index in [0.717, 1.165) is 0 Å². The van der Waals surface area contributed by atoms with E-state index in [-0.39, 0.29) is 17.7 Å². The summed E-state index contributed by atoms with van der Waals surface area (Å²) in [6.07, 6.45) is -5.68. The molecule has 0 aliphatic carbocycles. The Bertz CT molecular complexity index is 468. The molecule has 0 amide bonds. The molecule has 0 unspecified atom stereocenters. The van der Waals surface area contributed by atoms with Gasteiger partial charge in [0.25, 0.3) is 0 Å². The summed E-state index contributed by atoms with van der Waals surface area (Å²) in [5.74, 6) is -1.28. The third-order valence-electron chi connectivity index (χ3n) is 2.82. The molecule has 1 aliphatic rings. The van der Waals surface area contributed by atoms with E-state index in [1.807, 2.05) is 0 Å². The highest BCUT2D eigenvalue weighted by Gasteiger charge is 2.30. The Morgan fingerprint density at radius 1 is 1.50 bits per heavy atom. The fraction of sp³-hybridized carbons (Fsp3) is 0.600. The molecule has 0 saturated carbocycles. The fourth-order valence-electron chi connectivity index (χ4n) is 2.01. The molecule has 1 aromatic heterocycles. The second kappa shape index (κ2) is 4.60. The molecular weight excluding hydrogens is 251 g/mol. The maximum absolute atomic E-state index is 12.2. The average Bonchev–Trinajstić information content (AvgIpc) is 2.64. The van der Waals surface area contributed by atoms with Gasteiger partial charge in [-0.05, 0) is 6.42 Å². The van der Waals surface area contributed by atoms with Crippen LogP contribution in [-0.2, 0) is 19.5 Å². The van der Waals surface area contributed by atoms with Crippen molar-refractivity contribution in [2.75, 3.05) is 6.54 Å². The van der Waals surface area contributed by atoms with E-state index < -0.39 is 18.6 Å². The van der Waals surface area contributed by atoms with Gasteiger partial charge in [-0.3, -0.25) is 4.68 Å². The number of carboxylic acids is 1. The molecule has 2 N–H and O–H groups in total. The first kappa shape index (κ1) is 12.9. The number of alkyl halides is 3. The summed E-state index contributed by atoms with van der Waals surface area (Å²) in [5, 5.41) is 15.8. The first-order chi connectivity index (χ1) is 8.38. The standard InChI is InChI=1S/C10H12F3N3O2/c11-10(12,13)2-1-6-7-5-14-3-4-16(7)15-8(6)9(17)18/h14H,1-5H2,(H,17,18). The second-order valence-corrected chi connectivity index (χ2v) is 4.09. The average molecular weight is 263 g/mol. The SMILES string of the molecule is O=C(O)c1nn2c(c1CCC(F)(F)F)CNCC2. The van der Waals surface area contributed by atoms with Crippen molar-refractivity contribution in [1.29, 1.82) is 0 Å². The van der Waals surface area contributed by atoms with Crippen LogP contribution in [0.15, 0.2) is 0 Å². The smallest absolute Gasteiger partial charge is 0.389 e. The van der Waals surface area contributed by atoms with Crippen LogP contribution >= 0.6 is 0 Å². The van der Waals surface area contributed by atoms with Crippen molar-refractivity contribution in [3.8, 4) is 0 Å². The van der Waals surface area contributed by atoms with Crippen molar-refractivity contribution in [3.05, 3.63) is 17.0 Å². The maximum Gasteiger partial charge on any atom is 0.389 e. The van der Waals surface area contributed by atoms with Crippen LogP contribution in [0.1, 0.15) is 28.2 Å². The van der Waals surface area contributed by atoms with E-state index >= 15 is 0 Å². The summed E-state index contributed by atoms with van der Waals surface area (Å²) in [6, 6.07) is 0. The lowest BCUT2D eigenvalue weighted by molar-refractivity contribution is -0.134. The van der Waals surface area contributed by atoms with E-state index in [0.29, 0.717) is 25.3 Å². The van der Waals surface area contributed by atoms with Gasteiger partial charge in [0, 0.05) is 25.1 Å². The molecule has 0 radical (unpaired) electrons. The maximum atomic E-state index is 12.2. The molecule has 8 heteroatoms. The lowest BCUT2D eigenvalue weighted by Crippen LogP contribution is -2.29. The second-order valence-electron chi connectivity index (χ2n) is 4.09. The number of aromatic carboxylic acids is 1. The molecule has 0 saturated heterocycles. The van der Waals surface area contributed by atoms with Gasteiger partial charge in [0.15, 0.2) is 5.69 Å². The van der Waals surface area contributed by atoms with Gasteiger partial charge in [-0.15, -0.1) is 0 Å². The number of halogens is 3. The van der Waals surface area contributed by atoms with E-state index in [4.69, 9.17) is 5.11 Å². The zero-order valence-electron chi connectivity index (χ0n) is 9.42. The molecule has 2 rings (SSSR count). The highest BCUT2D eigenvalue weighted by atomic mass is 19.4. The van der Waals surface area contributed by atoms with Gasteiger partial charge >= 0.3 is 12.1 Å². The van der Waals surface area contributed by atoms with Crippen molar-refractivity contribution in [2.45, 2.75) is 32.1 Å². The van der Waals surface area contributed by atoms with Crippen LogP contribution in [0.25, 0.3) is 0 Å². The molecule has 5 nitrogen and oxygen atoms in total. The Labute approximate surface area is 101 Å². The number of aromatic nitrogens is 2. The zero-order valence-corrected chi connectivity index (χ0v) is 9.42. The largest absolute Gasteiger partial charge is 0.476 e. The minimum Gasteiger partial charge on any atom is -0.476 e. The van der Waals surface area contributed by atoms with Gasteiger partial charge < -0.3 is 10.4 Å². The molecule has 100 valence electrons. The monoisotopic (exact) mass is 263 g/mol. The van der Waals surface area contributed by atoms with Gasteiger partial charge in [-0.1, -0.05) is 0 Å². The van der Waals surface area contributed by atoms with Crippen LogP contribution in [0, 0.1) is 0 Å². The third-order valence-corrected chi connectivity index (χ3v) is 2.82. The van der Waals surface area contributed by atoms with Crippen molar-refractivity contribution in [3.63, 3.8) is 0 Å². The number of fused-ring (bicyclic) bond motifs is 1. The van der Waals surface area contributed by atoms with Gasteiger partial charge in [0.1, 0.15) is 0 Å². The molecule has 0 aromatic carbocycles.